The number of benzene rings is 2. The fraction of sp³-hybridized carbons (Fsp3) is 0.414. The van der Waals surface area contributed by atoms with E-state index < -0.39 is 5.97 Å². The monoisotopic (exact) mass is 599 g/mol. The second-order valence-corrected chi connectivity index (χ2v) is 12.6. The number of carboxylic acid groups (broad SMARTS) is 1. The number of halogens is 2. The molecule has 1 N–H and O–H groups in total. The molecule has 7 rings (SSSR count). The Labute approximate surface area is 244 Å². The second-order valence-electron chi connectivity index (χ2n) is 10.8. The summed E-state index contributed by atoms with van der Waals surface area (Å²) in [5.74, 6) is 0.760. The van der Waals surface area contributed by atoms with Crippen LogP contribution < -0.4 is 9.64 Å². The summed E-state index contributed by atoms with van der Waals surface area (Å²) in [5.41, 5.74) is 3.21. The van der Waals surface area contributed by atoms with Gasteiger partial charge in [-0.1, -0.05) is 45.8 Å². The van der Waals surface area contributed by atoms with Gasteiger partial charge in [0.05, 0.1) is 40.1 Å². The minimum absolute atomic E-state index is 0.0906. The van der Waals surface area contributed by atoms with E-state index in [1.165, 1.54) is 17.4 Å². The normalized spacial score (nSPS) is 22.3. The maximum Gasteiger partial charge on any atom is 0.335 e. The first kappa shape index (κ1) is 26.1. The van der Waals surface area contributed by atoms with Gasteiger partial charge >= 0.3 is 5.97 Å². The van der Waals surface area contributed by atoms with Crippen molar-refractivity contribution in [3.63, 3.8) is 0 Å². The van der Waals surface area contributed by atoms with Gasteiger partial charge in [0, 0.05) is 29.1 Å². The van der Waals surface area contributed by atoms with Gasteiger partial charge in [-0.25, -0.2) is 9.78 Å². The van der Waals surface area contributed by atoms with Crippen LogP contribution >= 0.6 is 34.5 Å². The molecule has 8 nitrogen and oxygen atoms in total. The maximum absolute atomic E-state index is 11.6. The number of piperidine rings is 1. The Balaban J connectivity index is 1.11. The van der Waals surface area contributed by atoms with Gasteiger partial charge in [-0.15, -0.1) is 0 Å². The molecule has 2 aliphatic heterocycles. The number of rotatable bonds is 8. The van der Waals surface area contributed by atoms with Gasteiger partial charge in [0.25, 0.3) is 0 Å². The standard InChI is InChI=1S/C29H27Cl2N3O5S/c1-37-22-9-15(28(35)36)10-23-26(22)32-29(40-23)34-16-7-8-17(34)12-18(11-16)38-13-19-25(33-39-27(19)14-5-6-14)24-20(30)3-2-4-21(24)31/h2-4,9-10,14,16-18H,5-8,11-13H2,1H3,(H,35,36)/t16-,17?,18?/m0/s1. The summed E-state index contributed by atoms with van der Waals surface area (Å²) in [4.78, 5) is 18.9. The topological polar surface area (TPSA) is 97.9 Å². The van der Waals surface area contributed by atoms with E-state index >= 15 is 0 Å². The van der Waals surface area contributed by atoms with E-state index in [-0.39, 0.29) is 11.7 Å². The van der Waals surface area contributed by atoms with Crippen molar-refractivity contribution in [1.82, 2.24) is 10.1 Å². The number of hydrogen-bond donors (Lipinski definition) is 1. The Morgan fingerprint density at radius 3 is 2.52 bits per heavy atom. The Morgan fingerprint density at radius 2 is 1.88 bits per heavy atom. The molecule has 4 aromatic rings. The zero-order chi connectivity index (χ0) is 27.5. The number of hydrogen-bond acceptors (Lipinski definition) is 8. The molecule has 3 atom stereocenters. The van der Waals surface area contributed by atoms with Crippen molar-refractivity contribution in [1.29, 1.82) is 0 Å². The molecule has 0 amide bonds. The van der Waals surface area contributed by atoms with Crippen molar-refractivity contribution in [3.05, 3.63) is 57.3 Å². The van der Waals surface area contributed by atoms with E-state index in [0.29, 0.717) is 57.2 Å². The van der Waals surface area contributed by atoms with E-state index in [9.17, 15) is 9.90 Å². The Hall–Kier alpha value is -2.85. The summed E-state index contributed by atoms with van der Waals surface area (Å²) in [7, 11) is 1.54. The lowest BCUT2D eigenvalue weighted by molar-refractivity contribution is 0.0147. The van der Waals surface area contributed by atoms with Gasteiger partial charge in [-0.05, 0) is 62.8 Å². The second kappa shape index (κ2) is 10.2. The fourth-order valence-corrected chi connectivity index (χ4v) is 7.94. The number of methoxy groups -OCH3 is 1. The molecule has 11 heteroatoms. The summed E-state index contributed by atoms with van der Waals surface area (Å²) in [6.45, 7) is 0.395. The van der Waals surface area contributed by atoms with Gasteiger partial charge in [0.2, 0.25) is 0 Å². The minimum Gasteiger partial charge on any atom is -0.494 e. The number of carboxylic acids is 1. The zero-order valence-corrected chi connectivity index (χ0v) is 24.1. The smallest absolute Gasteiger partial charge is 0.335 e. The predicted molar refractivity (Wildman–Crippen MR) is 154 cm³/mol. The van der Waals surface area contributed by atoms with Crippen LogP contribution in [0, 0.1) is 0 Å². The number of carbonyl (C=O) groups is 1. The highest BCUT2D eigenvalue weighted by Crippen LogP contribution is 2.47. The third-order valence-corrected chi connectivity index (χ3v) is 9.90. The number of nitrogens with zero attached hydrogens (tertiary/aromatic N) is 3. The number of fused-ring (bicyclic) bond motifs is 3. The molecule has 1 saturated carbocycles. The molecule has 3 fully saturated rings. The molecule has 2 unspecified atom stereocenters. The lowest BCUT2D eigenvalue weighted by Gasteiger charge is -2.38. The molecular formula is C29H27Cl2N3O5S. The summed E-state index contributed by atoms with van der Waals surface area (Å²) < 4.78 is 18.7. The molecule has 4 heterocycles. The van der Waals surface area contributed by atoms with Gasteiger partial charge in [0.15, 0.2) is 5.13 Å². The number of ether oxygens (including phenoxy) is 2. The van der Waals surface area contributed by atoms with Crippen molar-refractivity contribution in [2.24, 2.45) is 0 Å². The van der Waals surface area contributed by atoms with Crippen LogP contribution in [-0.4, -0.2) is 46.5 Å². The van der Waals surface area contributed by atoms with Crippen LogP contribution in [0.5, 0.6) is 5.75 Å². The molecular weight excluding hydrogens is 573 g/mol. The largest absolute Gasteiger partial charge is 0.494 e. The van der Waals surface area contributed by atoms with Crippen LogP contribution in [0.4, 0.5) is 5.13 Å². The van der Waals surface area contributed by atoms with Crippen molar-refractivity contribution in [3.8, 4) is 17.0 Å². The zero-order valence-electron chi connectivity index (χ0n) is 21.7. The molecule has 2 saturated heterocycles. The van der Waals surface area contributed by atoms with Crippen molar-refractivity contribution in [2.45, 2.75) is 69.2 Å². The molecule has 0 spiro atoms. The van der Waals surface area contributed by atoms with E-state index in [4.69, 9.17) is 42.2 Å². The van der Waals surface area contributed by atoms with Gasteiger partial charge in [-0.2, -0.15) is 0 Å². The quantitative estimate of drug-likeness (QED) is 0.221. The van der Waals surface area contributed by atoms with E-state index in [2.05, 4.69) is 10.1 Å². The van der Waals surface area contributed by atoms with Crippen LogP contribution in [0.3, 0.4) is 0 Å². The molecule has 3 aliphatic rings. The average Bonchev–Trinajstić information content (AvgIpc) is 3.46. The van der Waals surface area contributed by atoms with E-state index in [0.717, 1.165) is 59.7 Å². The van der Waals surface area contributed by atoms with Crippen LogP contribution in [0.25, 0.3) is 21.5 Å². The summed E-state index contributed by atoms with van der Waals surface area (Å²) in [6, 6.07) is 9.27. The summed E-state index contributed by atoms with van der Waals surface area (Å²) >= 11 is 14.6. The van der Waals surface area contributed by atoms with Crippen LogP contribution in [0.2, 0.25) is 10.0 Å². The third-order valence-electron chi connectivity index (χ3n) is 8.26. The van der Waals surface area contributed by atoms with Crippen LogP contribution in [-0.2, 0) is 11.3 Å². The molecule has 40 heavy (non-hydrogen) atoms. The SMILES string of the molecule is COc1cc(C(=O)O)cc2sc(N3C4CC[C@H]3CC(OCc3c(-c5c(Cl)cccc5Cl)noc3C3CC3)C4)nc12. The molecule has 2 aromatic carbocycles. The van der Waals surface area contributed by atoms with Crippen molar-refractivity contribution in [2.75, 3.05) is 12.0 Å². The lowest BCUT2D eigenvalue weighted by atomic mass is 10.00. The van der Waals surface area contributed by atoms with Crippen LogP contribution in [0.15, 0.2) is 34.9 Å². The molecule has 2 bridgehead atoms. The average molecular weight is 601 g/mol. The first-order chi connectivity index (χ1) is 19.4. The molecule has 208 valence electrons. The van der Waals surface area contributed by atoms with Crippen molar-refractivity contribution < 1.29 is 23.9 Å². The minimum atomic E-state index is -0.981. The Morgan fingerprint density at radius 1 is 1.15 bits per heavy atom. The first-order valence-electron chi connectivity index (χ1n) is 13.5. The number of aromatic carboxylic acids is 1. The highest BCUT2D eigenvalue weighted by Gasteiger charge is 2.43. The van der Waals surface area contributed by atoms with Gasteiger partial charge in [-0.3, -0.25) is 0 Å². The molecule has 1 aliphatic carbocycles. The summed E-state index contributed by atoms with van der Waals surface area (Å²) in [6.07, 6.45) is 6.17. The fourth-order valence-electron chi connectivity index (χ4n) is 6.20. The van der Waals surface area contributed by atoms with E-state index in [1.54, 1.807) is 13.2 Å². The summed E-state index contributed by atoms with van der Waals surface area (Å²) in [5, 5.41) is 15.9. The highest BCUT2D eigenvalue weighted by atomic mass is 35.5. The Kier molecular flexibility index (Phi) is 6.65. The lowest BCUT2D eigenvalue weighted by Crippen LogP contribution is -2.45. The highest BCUT2D eigenvalue weighted by molar-refractivity contribution is 7.22. The number of aromatic nitrogens is 2. The Bertz CT molecular complexity index is 1580. The number of thiazole rings is 1. The molecule has 0 radical (unpaired) electrons. The van der Waals surface area contributed by atoms with Crippen LogP contribution in [0.1, 0.15) is 66.1 Å². The van der Waals surface area contributed by atoms with Gasteiger partial charge < -0.3 is 24.0 Å². The van der Waals surface area contributed by atoms with E-state index in [1.807, 2.05) is 18.2 Å². The maximum atomic E-state index is 11.6. The predicted octanol–water partition coefficient (Wildman–Crippen LogP) is 7.56. The third kappa shape index (κ3) is 4.53. The number of anilines is 1. The molecule has 2 aromatic heterocycles. The van der Waals surface area contributed by atoms with Gasteiger partial charge in [0.1, 0.15) is 22.7 Å². The first-order valence-corrected chi connectivity index (χ1v) is 15.0. The van der Waals surface area contributed by atoms with Crippen molar-refractivity contribution >= 4 is 55.9 Å².